The van der Waals surface area contributed by atoms with Crippen LogP contribution in [0.5, 0.6) is 5.75 Å². The van der Waals surface area contributed by atoms with Crippen LogP contribution in [0.4, 0.5) is 18.3 Å². The van der Waals surface area contributed by atoms with Gasteiger partial charge in [0.25, 0.3) is 0 Å². The quantitative estimate of drug-likeness (QED) is 0.846. The number of alkyl halides is 3. The number of rotatable bonds is 5. The standard InChI is InChI=1S/C17H17F3N2O3S/c18-17(19,20)13-3-1-2-4-14(13)25-11-5-7-22(8-6-11)16-21-10-12(26-16)9-15(23)24/h1-4,10-11H,5-9H2,(H,23,24). The molecule has 0 radical (unpaired) electrons. The molecule has 1 aromatic heterocycles. The number of aromatic nitrogens is 1. The Labute approximate surface area is 152 Å². The third-order valence-corrected chi connectivity index (χ3v) is 5.12. The zero-order valence-corrected chi connectivity index (χ0v) is 14.5. The molecule has 0 atom stereocenters. The fourth-order valence-electron chi connectivity index (χ4n) is 2.82. The number of nitrogens with zero attached hydrogens (tertiary/aromatic N) is 2. The number of carboxylic acid groups (broad SMARTS) is 1. The third-order valence-electron chi connectivity index (χ3n) is 4.07. The maximum absolute atomic E-state index is 13.0. The molecule has 140 valence electrons. The molecule has 0 unspecified atom stereocenters. The van der Waals surface area contributed by atoms with E-state index in [0.717, 1.165) is 11.2 Å². The van der Waals surface area contributed by atoms with Crippen molar-refractivity contribution in [2.24, 2.45) is 0 Å². The van der Waals surface area contributed by atoms with Crippen LogP contribution >= 0.6 is 11.3 Å². The number of hydrogen-bond acceptors (Lipinski definition) is 5. The summed E-state index contributed by atoms with van der Waals surface area (Å²) in [6, 6.07) is 5.23. The number of hydrogen-bond donors (Lipinski definition) is 1. The van der Waals surface area contributed by atoms with E-state index in [-0.39, 0.29) is 18.3 Å². The van der Waals surface area contributed by atoms with Gasteiger partial charge < -0.3 is 14.7 Å². The van der Waals surface area contributed by atoms with Gasteiger partial charge in [0, 0.05) is 37.0 Å². The molecule has 5 nitrogen and oxygen atoms in total. The third kappa shape index (κ3) is 4.46. The number of para-hydroxylation sites is 1. The Bertz CT molecular complexity index is 771. The summed E-state index contributed by atoms with van der Waals surface area (Å²) in [5, 5.41) is 9.54. The van der Waals surface area contributed by atoms with Gasteiger partial charge in [0.05, 0.1) is 12.0 Å². The number of halogens is 3. The van der Waals surface area contributed by atoms with Gasteiger partial charge in [-0.25, -0.2) is 4.98 Å². The van der Waals surface area contributed by atoms with Crippen LogP contribution in [-0.2, 0) is 17.4 Å². The first-order valence-electron chi connectivity index (χ1n) is 8.07. The predicted molar refractivity (Wildman–Crippen MR) is 90.8 cm³/mol. The molecule has 26 heavy (non-hydrogen) atoms. The SMILES string of the molecule is O=C(O)Cc1cnc(N2CCC(Oc3ccccc3C(F)(F)F)CC2)s1. The van der Waals surface area contributed by atoms with E-state index in [9.17, 15) is 18.0 Å². The van der Waals surface area contributed by atoms with Crippen LogP contribution < -0.4 is 9.64 Å². The molecule has 1 aliphatic heterocycles. The number of benzene rings is 1. The Balaban J connectivity index is 1.59. The van der Waals surface area contributed by atoms with Crippen molar-refractivity contribution >= 4 is 22.4 Å². The highest BCUT2D eigenvalue weighted by Crippen LogP contribution is 2.37. The molecule has 3 rings (SSSR count). The molecule has 1 saturated heterocycles. The molecule has 0 aliphatic carbocycles. The van der Waals surface area contributed by atoms with Gasteiger partial charge >= 0.3 is 12.1 Å². The maximum atomic E-state index is 13.0. The van der Waals surface area contributed by atoms with E-state index in [2.05, 4.69) is 4.98 Å². The molecule has 0 spiro atoms. The summed E-state index contributed by atoms with van der Waals surface area (Å²) in [5.74, 6) is -1.05. The van der Waals surface area contributed by atoms with Gasteiger partial charge in [0.2, 0.25) is 0 Å². The Morgan fingerprint density at radius 2 is 2.00 bits per heavy atom. The maximum Gasteiger partial charge on any atom is 0.419 e. The van der Waals surface area contributed by atoms with Crippen LogP contribution in [-0.4, -0.2) is 35.3 Å². The van der Waals surface area contributed by atoms with Crippen molar-refractivity contribution in [2.75, 3.05) is 18.0 Å². The van der Waals surface area contributed by atoms with Crippen LogP contribution in [0, 0.1) is 0 Å². The van der Waals surface area contributed by atoms with Gasteiger partial charge in [0.15, 0.2) is 5.13 Å². The zero-order valence-electron chi connectivity index (χ0n) is 13.7. The van der Waals surface area contributed by atoms with Gasteiger partial charge in [-0.1, -0.05) is 12.1 Å². The highest BCUT2D eigenvalue weighted by Gasteiger charge is 2.35. The lowest BCUT2D eigenvalue weighted by Gasteiger charge is -2.32. The van der Waals surface area contributed by atoms with Crippen molar-refractivity contribution in [3.05, 3.63) is 40.9 Å². The van der Waals surface area contributed by atoms with E-state index in [1.165, 1.54) is 29.5 Å². The molecule has 2 aromatic rings. The first-order valence-corrected chi connectivity index (χ1v) is 8.89. The van der Waals surface area contributed by atoms with Crippen LogP contribution in [0.25, 0.3) is 0 Å². The first-order chi connectivity index (χ1) is 12.3. The second-order valence-electron chi connectivity index (χ2n) is 5.98. The number of anilines is 1. The number of carbonyl (C=O) groups is 1. The molecule has 1 aliphatic rings. The largest absolute Gasteiger partial charge is 0.490 e. The molecule has 0 saturated carbocycles. The van der Waals surface area contributed by atoms with Crippen LogP contribution in [0.2, 0.25) is 0 Å². The highest BCUT2D eigenvalue weighted by atomic mass is 32.1. The average molecular weight is 386 g/mol. The average Bonchev–Trinajstić information content (AvgIpc) is 3.03. The molecular formula is C17H17F3N2O3S. The predicted octanol–water partition coefficient (Wildman–Crippen LogP) is 3.84. The minimum atomic E-state index is -4.45. The summed E-state index contributed by atoms with van der Waals surface area (Å²) in [5.41, 5.74) is -0.763. The summed E-state index contributed by atoms with van der Waals surface area (Å²) in [6.45, 7) is 1.19. The Hall–Kier alpha value is -2.29. The Kier molecular flexibility index (Phi) is 5.36. The Morgan fingerprint density at radius 1 is 1.31 bits per heavy atom. The first kappa shape index (κ1) is 18.5. The van der Waals surface area contributed by atoms with Crippen LogP contribution in [0.1, 0.15) is 23.3 Å². The monoisotopic (exact) mass is 386 g/mol. The normalized spacial score (nSPS) is 15.9. The number of thiazole rings is 1. The van der Waals surface area contributed by atoms with E-state index in [4.69, 9.17) is 9.84 Å². The van der Waals surface area contributed by atoms with E-state index < -0.39 is 17.7 Å². The van der Waals surface area contributed by atoms with E-state index >= 15 is 0 Å². The summed E-state index contributed by atoms with van der Waals surface area (Å²) in [4.78, 5) is 17.7. The van der Waals surface area contributed by atoms with Crippen LogP contribution in [0.15, 0.2) is 30.5 Å². The lowest BCUT2D eigenvalue weighted by molar-refractivity contribution is -0.139. The van der Waals surface area contributed by atoms with Crippen LogP contribution in [0.3, 0.4) is 0 Å². The number of carboxylic acids is 1. The fourth-order valence-corrected chi connectivity index (χ4v) is 3.77. The van der Waals surface area contributed by atoms with Gasteiger partial charge in [-0.15, -0.1) is 11.3 Å². The molecule has 9 heteroatoms. The second-order valence-corrected chi connectivity index (χ2v) is 7.07. The molecular weight excluding hydrogens is 369 g/mol. The van der Waals surface area contributed by atoms with Gasteiger partial charge in [-0.05, 0) is 12.1 Å². The minimum absolute atomic E-state index is 0.0640. The Morgan fingerprint density at radius 3 is 2.65 bits per heavy atom. The topological polar surface area (TPSA) is 62.7 Å². The van der Waals surface area contributed by atoms with Gasteiger partial charge in [-0.3, -0.25) is 4.79 Å². The van der Waals surface area contributed by atoms with Crippen molar-refractivity contribution in [3.8, 4) is 5.75 Å². The van der Waals surface area contributed by atoms with Crippen molar-refractivity contribution in [1.82, 2.24) is 4.98 Å². The lowest BCUT2D eigenvalue weighted by atomic mass is 10.1. The molecule has 2 heterocycles. The second kappa shape index (κ2) is 7.53. The minimum Gasteiger partial charge on any atom is -0.490 e. The molecule has 1 aromatic carbocycles. The van der Waals surface area contributed by atoms with Gasteiger partial charge in [0.1, 0.15) is 11.9 Å². The summed E-state index contributed by atoms with van der Waals surface area (Å²) >= 11 is 1.32. The summed E-state index contributed by atoms with van der Waals surface area (Å²) in [6.07, 6.45) is -2.12. The highest BCUT2D eigenvalue weighted by molar-refractivity contribution is 7.15. The molecule has 1 N–H and O–H groups in total. The smallest absolute Gasteiger partial charge is 0.419 e. The molecule has 0 amide bonds. The lowest BCUT2D eigenvalue weighted by Crippen LogP contribution is -2.38. The number of ether oxygens (including phenoxy) is 1. The molecule has 1 fully saturated rings. The van der Waals surface area contributed by atoms with Crippen molar-refractivity contribution in [3.63, 3.8) is 0 Å². The number of aliphatic carboxylic acids is 1. The number of piperidine rings is 1. The van der Waals surface area contributed by atoms with Crippen molar-refractivity contribution < 1.29 is 27.8 Å². The van der Waals surface area contributed by atoms with Crippen molar-refractivity contribution in [1.29, 1.82) is 0 Å². The van der Waals surface area contributed by atoms with Gasteiger partial charge in [-0.2, -0.15) is 13.2 Å². The van der Waals surface area contributed by atoms with E-state index in [1.54, 1.807) is 6.20 Å². The zero-order chi connectivity index (χ0) is 18.7. The molecule has 0 bridgehead atoms. The summed E-state index contributed by atoms with van der Waals surface area (Å²) in [7, 11) is 0. The fraction of sp³-hybridized carbons (Fsp3) is 0.412. The van der Waals surface area contributed by atoms with Crippen molar-refractivity contribution in [2.45, 2.75) is 31.5 Å². The van der Waals surface area contributed by atoms with E-state index in [0.29, 0.717) is 30.8 Å². The van der Waals surface area contributed by atoms with E-state index in [1.807, 2.05) is 4.90 Å². The summed E-state index contributed by atoms with van der Waals surface area (Å²) < 4.78 is 44.7.